The van der Waals surface area contributed by atoms with E-state index in [9.17, 15) is 0 Å². The fraction of sp³-hybridized carbons (Fsp3) is 0.875. The molecule has 0 rings (SSSR count). The molecule has 0 spiro atoms. The van der Waals surface area contributed by atoms with Gasteiger partial charge in [-0.2, -0.15) is 0 Å². The minimum atomic E-state index is -0.586. The topological polar surface area (TPSA) is 0 Å². The van der Waals surface area contributed by atoms with Gasteiger partial charge in [0.2, 0.25) is 0 Å². The van der Waals surface area contributed by atoms with Crippen LogP contribution in [0.1, 0.15) is 66.7 Å². The molecule has 0 amide bonds. The van der Waals surface area contributed by atoms with Gasteiger partial charge in [0.15, 0.2) is 0 Å². The Kier molecular flexibility index (Phi) is 7.40. The van der Waals surface area contributed by atoms with Crippen LogP contribution in [0.15, 0.2) is 12.7 Å². The lowest BCUT2D eigenvalue weighted by Crippen LogP contribution is -2.35. The van der Waals surface area contributed by atoms with E-state index in [1.165, 1.54) is 0 Å². The SMILES string of the molecule is [B]C([B])(CC(C)C(CC)CC=C)C(C)(C)CCC. The fourth-order valence-corrected chi connectivity index (χ4v) is 2.85. The van der Waals surface area contributed by atoms with Crippen molar-refractivity contribution in [3.8, 4) is 0 Å². The van der Waals surface area contributed by atoms with Crippen molar-refractivity contribution >= 4 is 15.7 Å². The van der Waals surface area contributed by atoms with E-state index in [2.05, 4.69) is 41.2 Å². The second-order valence-electron chi connectivity index (χ2n) is 6.55. The second-order valence-corrected chi connectivity index (χ2v) is 6.55. The van der Waals surface area contributed by atoms with E-state index in [-0.39, 0.29) is 5.41 Å². The molecule has 2 unspecified atom stereocenters. The van der Waals surface area contributed by atoms with Crippen LogP contribution in [-0.4, -0.2) is 15.7 Å². The number of allylic oxidation sites excluding steroid dienone is 1. The number of rotatable bonds is 9. The van der Waals surface area contributed by atoms with Crippen molar-refractivity contribution in [2.75, 3.05) is 0 Å². The Morgan fingerprint density at radius 2 is 1.78 bits per heavy atom. The summed E-state index contributed by atoms with van der Waals surface area (Å²) < 4.78 is 0. The van der Waals surface area contributed by atoms with Gasteiger partial charge in [0.05, 0.1) is 15.7 Å². The first kappa shape index (κ1) is 17.9. The summed E-state index contributed by atoms with van der Waals surface area (Å²) in [6.45, 7) is 14.9. The molecule has 0 aliphatic heterocycles. The Bertz CT molecular complexity index is 243. The maximum absolute atomic E-state index is 6.42. The smallest absolute Gasteiger partial charge is 0.0627 e. The average Bonchev–Trinajstić information content (AvgIpc) is 2.24. The quantitative estimate of drug-likeness (QED) is 0.400. The molecule has 0 aliphatic rings. The van der Waals surface area contributed by atoms with Crippen molar-refractivity contribution < 1.29 is 0 Å². The van der Waals surface area contributed by atoms with Gasteiger partial charge in [-0.3, -0.25) is 0 Å². The summed E-state index contributed by atoms with van der Waals surface area (Å²) in [7, 11) is 12.8. The molecule has 2 heteroatoms. The third-order valence-electron chi connectivity index (χ3n) is 4.59. The highest BCUT2D eigenvalue weighted by molar-refractivity contribution is 6.40. The maximum atomic E-state index is 6.42. The lowest BCUT2D eigenvalue weighted by atomic mass is 9.39. The Balaban J connectivity index is 4.68. The summed E-state index contributed by atoms with van der Waals surface area (Å²) in [5, 5.41) is -0.586. The summed E-state index contributed by atoms with van der Waals surface area (Å²) in [5.74, 6) is 1.19. The molecule has 0 aliphatic carbocycles. The van der Waals surface area contributed by atoms with Crippen LogP contribution in [0.3, 0.4) is 0 Å². The van der Waals surface area contributed by atoms with Gasteiger partial charge < -0.3 is 0 Å². The summed E-state index contributed by atoms with van der Waals surface area (Å²) in [6.07, 6.45) is 7.31. The van der Waals surface area contributed by atoms with Crippen molar-refractivity contribution in [3.63, 3.8) is 0 Å². The molecule has 0 aromatic carbocycles. The minimum absolute atomic E-state index is 0.0114. The van der Waals surface area contributed by atoms with Gasteiger partial charge in [0.25, 0.3) is 0 Å². The molecule has 0 fully saturated rings. The van der Waals surface area contributed by atoms with Crippen molar-refractivity contribution in [3.05, 3.63) is 12.7 Å². The van der Waals surface area contributed by atoms with Gasteiger partial charge in [-0.05, 0) is 30.1 Å². The van der Waals surface area contributed by atoms with Gasteiger partial charge in [-0.1, -0.05) is 65.2 Å². The highest BCUT2D eigenvalue weighted by Gasteiger charge is 2.36. The molecular weight excluding hydrogens is 214 g/mol. The standard InChI is InChI=1S/C16H30B2/c1-7-10-14(9-3)13(4)12-16(17,18)15(5,6)11-8-2/h7,13-14H,1,8-12H2,2-6H3. The second kappa shape index (κ2) is 7.46. The van der Waals surface area contributed by atoms with Crippen LogP contribution in [0, 0.1) is 17.3 Å². The first-order valence-corrected chi connectivity index (χ1v) is 7.40. The van der Waals surface area contributed by atoms with Crippen LogP contribution in [0.5, 0.6) is 0 Å². The zero-order valence-corrected chi connectivity index (χ0v) is 13.1. The van der Waals surface area contributed by atoms with Crippen LogP contribution in [0.25, 0.3) is 0 Å². The molecular formula is C16H30B2. The zero-order chi connectivity index (χ0) is 14.4. The van der Waals surface area contributed by atoms with E-state index >= 15 is 0 Å². The number of hydrogen-bond donors (Lipinski definition) is 0. The summed E-state index contributed by atoms with van der Waals surface area (Å²) in [6, 6.07) is 0. The monoisotopic (exact) mass is 244 g/mol. The number of hydrogen-bond acceptors (Lipinski definition) is 0. The van der Waals surface area contributed by atoms with E-state index in [1.807, 2.05) is 6.08 Å². The highest BCUT2D eigenvalue weighted by Crippen LogP contribution is 2.49. The highest BCUT2D eigenvalue weighted by atomic mass is 14.4. The molecule has 0 aromatic rings. The molecule has 0 N–H and O–H groups in total. The van der Waals surface area contributed by atoms with Gasteiger partial charge >= 0.3 is 0 Å². The van der Waals surface area contributed by atoms with Gasteiger partial charge in [-0.15, -0.1) is 6.58 Å². The molecule has 4 radical (unpaired) electrons. The fourth-order valence-electron chi connectivity index (χ4n) is 2.85. The van der Waals surface area contributed by atoms with Gasteiger partial charge in [0, 0.05) is 0 Å². The van der Waals surface area contributed by atoms with Crippen molar-refractivity contribution in [2.24, 2.45) is 17.3 Å². The molecule has 0 aromatic heterocycles. The molecule has 0 heterocycles. The largest absolute Gasteiger partial charge is 0.103 e. The molecule has 2 atom stereocenters. The Morgan fingerprint density at radius 1 is 1.22 bits per heavy atom. The van der Waals surface area contributed by atoms with Crippen LogP contribution in [-0.2, 0) is 0 Å². The first-order chi connectivity index (χ1) is 8.21. The van der Waals surface area contributed by atoms with Gasteiger partial charge in [0.1, 0.15) is 0 Å². The van der Waals surface area contributed by atoms with Crippen LogP contribution in [0.4, 0.5) is 0 Å². The van der Waals surface area contributed by atoms with E-state index in [0.29, 0.717) is 11.8 Å². The Hall–Kier alpha value is -0.130. The van der Waals surface area contributed by atoms with Crippen LogP contribution < -0.4 is 0 Å². The molecule has 100 valence electrons. The Labute approximate surface area is 118 Å². The molecule has 0 saturated heterocycles. The van der Waals surface area contributed by atoms with Crippen LogP contribution in [0.2, 0.25) is 5.21 Å². The van der Waals surface area contributed by atoms with E-state index in [1.54, 1.807) is 0 Å². The maximum Gasteiger partial charge on any atom is 0.0627 e. The van der Waals surface area contributed by atoms with Crippen molar-refractivity contribution in [2.45, 2.75) is 71.9 Å². The lowest BCUT2D eigenvalue weighted by Gasteiger charge is -2.46. The summed E-state index contributed by atoms with van der Waals surface area (Å²) in [4.78, 5) is 0. The third kappa shape index (κ3) is 4.86. The zero-order valence-electron chi connectivity index (χ0n) is 13.1. The van der Waals surface area contributed by atoms with Crippen molar-refractivity contribution in [1.82, 2.24) is 0 Å². The first-order valence-electron chi connectivity index (χ1n) is 7.40. The minimum Gasteiger partial charge on any atom is -0.103 e. The van der Waals surface area contributed by atoms with E-state index in [0.717, 1.165) is 32.1 Å². The molecule has 0 saturated carbocycles. The molecule has 0 nitrogen and oxygen atoms in total. The third-order valence-corrected chi connectivity index (χ3v) is 4.59. The van der Waals surface area contributed by atoms with E-state index in [4.69, 9.17) is 15.7 Å². The van der Waals surface area contributed by atoms with E-state index < -0.39 is 5.21 Å². The Morgan fingerprint density at radius 3 is 2.17 bits per heavy atom. The average molecular weight is 244 g/mol. The molecule has 0 bridgehead atoms. The van der Waals surface area contributed by atoms with Gasteiger partial charge in [-0.25, -0.2) is 0 Å². The predicted molar refractivity (Wildman–Crippen MR) is 85.3 cm³/mol. The normalized spacial score (nSPS) is 16.3. The van der Waals surface area contributed by atoms with Crippen LogP contribution >= 0.6 is 0 Å². The van der Waals surface area contributed by atoms with Crippen molar-refractivity contribution in [1.29, 1.82) is 0 Å². The molecule has 18 heavy (non-hydrogen) atoms. The lowest BCUT2D eigenvalue weighted by molar-refractivity contribution is 0.215. The summed E-state index contributed by atoms with van der Waals surface area (Å²) >= 11 is 0. The summed E-state index contributed by atoms with van der Waals surface area (Å²) in [5.41, 5.74) is -0.0114. The predicted octanol–water partition coefficient (Wildman–Crippen LogP) is 4.89.